The number of benzene rings is 1. The summed E-state index contributed by atoms with van der Waals surface area (Å²) in [6, 6.07) is 12.4. The Morgan fingerprint density at radius 1 is 1.26 bits per heavy atom. The average Bonchev–Trinajstić information content (AvgIpc) is 3.08. The number of fused-ring (bicyclic) bond motifs is 1. The van der Waals surface area contributed by atoms with Crippen molar-refractivity contribution in [3.8, 4) is 5.75 Å². The number of halogens is 1. The molecule has 3 aromatic rings. The largest absolute Gasteiger partial charge is 0.489 e. The van der Waals surface area contributed by atoms with E-state index in [9.17, 15) is 4.39 Å². The van der Waals surface area contributed by atoms with Crippen molar-refractivity contribution in [3.05, 3.63) is 65.9 Å². The first-order valence-electron chi connectivity index (χ1n) is 8.81. The number of nitrogens with one attached hydrogen (secondary N) is 1. The Morgan fingerprint density at radius 2 is 2.07 bits per heavy atom. The Morgan fingerprint density at radius 3 is 2.81 bits per heavy atom. The van der Waals surface area contributed by atoms with Gasteiger partial charge in [-0.1, -0.05) is 18.2 Å². The van der Waals surface area contributed by atoms with E-state index < -0.39 is 0 Å². The van der Waals surface area contributed by atoms with E-state index in [-0.39, 0.29) is 11.6 Å². The number of rotatable bonds is 6. The number of hydrogen-bond donors (Lipinski definition) is 1. The van der Waals surface area contributed by atoms with E-state index in [0.29, 0.717) is 19.7 Å². The Balaban J connectivity index is 1.53. The van der Waals surface area contributed by atoms with E-state index in [2.05, 4.69) is 19.7 Å². The van der Waals surface area contributed by atoms with E-state index >= 15 is 0 Å². The number of nitrogens with zero attached hydrogens (tertiary/aromatic N) is 4. The van der Waals surface area contributed by atoms with Gasteiger partial charge in [-0.05, 0) is 31.2 Å². The fraction of sp³-hybridized carbons (Fsp3) is 0.300. The number of ether oxygens (including phenoxy) is 1. The van der Waals surface area contributed by atoms with Crippen molar-refractivity contribution in [2.24, 2.45) is 4.99 Å². The van der Waals surface area contributed by atoms with Gasteiger partial charge in [0.15, 0.2) is 17.5 Å². The molecule has 0 aliphatic heterocycles. The minimum absolute atomic E-state index is 0.258. The van der Waals surface area contributed by atoms with Crippen LogP contribution in [-0.4, -0.2) is 47.5 Å². The van der Waals surface area contributed by atoms with Crippen LogP contribution < -0.4 is 10.1 Å². The normalized spacial score (nSPS) is 11.6. The molecule has 0 aliphatic carbocycles. The van der Waals surface area contributed by atoms with Gasteiger partial charge in [0.2, 0.25) is 0 Å². The second-order valence-corrected chi connectivity index (χ2v) is 6.23. The van der Waals surface area contributed by atoms with Crippen LogP contribution in [0.4, 0.5) is 4.39 Å². The van der Waals surface area contributed by atoms with Crippen LogP contribution in [0.1, 0.15) is 11.4 Å². The van der Waals surface area contributed by atoms with Gasteiger partial charge in [0.1, 0.15) is 12.3 Å². The minimum atomic E-state index is -0.357. The molecular weight excluding hydrogens is 345 g/mol. The zero-order chi connectivity index (χ0) is 19.2. The first-order chi connectivity index (χ1) is 13.1. The highest BCUT2D eigenvalue weighted by atomic mass is 19.1. The van der Waals surface area contributed by atoms with E-state index in [0.717, 1.165) is 23.0 Å². The number of aliphatic imine (C=N–C) groups is 1. The predicted octanol–water partition coefficient (Wildman–Crippen LogP) is 2.87. The Labute approximate surface area is 158 Å². The smallest absolute Gasteiger partial charge is 0.193 e. The van der Waals surface area contributed by atoms with Gasteiger partial charge in [-0.2, -0.15) is 0 Å². The van der Waals surface area contributed by atoms with Crippen LogP contribution in [0.25, 0.3) is 5.65 Å². The van der Waals surface area contributed by atoms with E-state index in [1.807, 2.05) is 43.3 Å². The summed E-state index contributed by atoms with van der Waals surface area (Å²) < 4.78 is 21.1. The summed E-state index contributed by atoms with van der Waals surface area (Å²) in [6.45, 7) is 3.53. The topological polar surface area (TPSA) is 54.2 Å². The Kier molecular flexibility index (Phi) is 5.90. The zero-order valence-corrected chi connectivity index (χ0v) is 15.8. The lowest BCUT2D eigenvalue weighted by Crippen LogP contribution is -2.40. The SMILES string of the molecule is CN=C(NCc1cn2c(C)cccc2n1)N(C)CCOc1ccccc1F. The summed E-state index contributed by atoms with van der Waals surface area (Å²) in [7, 11) is 3.64. The Bertz CT molecular complexity index is 937. The Hall–Kier alpha value is -3.09. The van der Waals surface area contributed by atoms with Crippen LogP contribution in [0.2, 0.25) is 0 Å². The van der Waals surface area contributed by atoms with Gasteiger partial charge in [-0.3, -0.25) is 4.99 Å². The van der Waals surface area contributed by atoms with Gasteiger partial charge in [0, 0.05) is 26.0 Å². The lowest BCUT2D eigenvalue weighted by molar-refractivity contribution is 0.270. The first kappa shape index (κ1) is 18.7. The molecule has 2 heterocycles. The summed E-state index contributed by atoms with van der Waals surface area (Å²) in [5, 5.41) is 3.30. The molecule has 1 aromatic carbocycles. The molecule has 7 heteroatoms. The number of aromatic nitrogens is 2. The molecule has 0 aliphatic rings. The molecule has 0 amide bonds. The molecule has 0 fully saturated rings. The third-order valence-corrected chi connectivity index (χ3v) is 4.27. The van der Waals surface area contributed by atoms with Crippen molar-refractivity contribution in [1.82, 2.24) is 19.6 Å². The number of imidazole rings is 1. The van der Waals surface area contributed by atoms with Crippen LogP contribution in [0.5, 0.6) is 5.75 Å². The summed E-state index contributed by atoms with van der Waals surface area (Å²) in [5.74, 6) is 0.625. The van der Waals surface area contributed by atoms with Gasteiger partial charge in [-0.25, -0.2) is 9.37 Å². The molecule has 0 atom stereocenters. The molecule has 0 saturated heterocycles. The minimum Gasteiger partial charge on any atom is -0.489 e. The number of likely N-dealkylation sites (N-methyl/N-ethyl adjacent to an activating group) is 1. The van der Waals surface area contributed by atoms with Crippen LogP contribution in [-0.2, 0) is 6.54 Å². The maximum atomic E-state index is 13.6. The molecule has 0 radical (unpaired) electrons. The molecule has 3 rings (SSSR count). The summed E-state index contributed by atoms with van der Waals surface area (Å²) >= 11 is 0. The highest BCUT2D eigenvalue weighted by Gasteiger charge is 2.09. The van der Waals surface area contributed by atoms with Crippen LogP contribution in [0.15, 0.2) is 53.7 Å². The van der Waals surface area contributed by atoms with Gasteiger partial charge in [0.25, 0.3) is 0 Å². The summed E-state index contributed by atoms with van der Waals surface area (Å²) in [5.41, 5.74) is 2.99. The fourth-order valence-electron chi connectivity index (χ4n) is 2.80. The van der Waals surface area contributed by atoms with Gasteiger partial charge < -0.3 is 19.4 Å². The molecule has 0 bridgehead atoms. The second kappa shape index (κ2) is 8.53. The zero-order valence-electron chi connectivity index (χ0n) is 15.8. The third-order valence-electron chi connectivity index (χ3n) is 4.27. The molecule has 27 heavy (non-hydrogen) atoms. The third kappa shape index (κ3) is 4.55. The molecule has 0 unspecified atom stereocenters. The molecule has 0 saturated carbocycles. The highest BCUT2D eigenvalue weighted by molar-refractivity contribution is 5.79. The molecular formula is C20H24FN5O. The van der Waals surface area contributed by atoms with Gasteiger partial charge >= 0.3 is 0 Å². The lowest BCUT2D eigenvalue weighted by Gasteiger charge is -2.21. The van der Waals surface area contributed by atoms with E-state index in [4.69, 9.17) is 4.74 Å². The molecule has 2 aromatic heterocycles. The number of para-hydroxylation sites is 1. The van der Waals surface area contributed by atoms with Gasteiger partial charge in [0.05, 0.1) is 18.8 Å². The van der Waals surface area contributed by atoms with Crippen LogP contribution in [0.3, 0.4) is 0 Å². The molecule has 142 valence electrons. The van der Waals surface area contributed by atoms with Crippen LogP contribution in [0, 0.1) is 12.7 Å². The van der Waals surface area contributed by atoms with Crippen LogP contribution >= 0.6 is 0 Å². The van der Waals surface area contributed by atoms with Crippen molar-refractivity contribution in [2.45, 2.75) is 13.5 Å². The first-order valence-corrected chi connectivity index (χ1v) is 8.81. The van der Waals surface area contributed by atoms with Crippen molar-refractivity contribution in [1.29, 1.82) is 0 Å². The summed E-state index contributed by atoms with van der Waals surface area (Å²) in [6.07, 6.45) is 2.02. The standard InChI is InChI=1S/C20H24FN5O/c1-15-7-6-10-19-24-16(14-26(15)19)13-23-20(22-2)25(3)11-12-27-18-9-5-4-8-17(18)21/h4-10,14H,11-13H2,1-3H3,(H,22,23). The number of hydrogen-bond acceptors (Lipinski definition) is 3. The maximum Gasteiger partial charge on any atom is 0.193 e. The second-order valence-electron chi connectivity index (χ2n) is 6.23. The number of guanidine groups is 1. The quantitative estimate of drug-likeness (QED) is 0.536. The number of pyridine rings is 1. The highest BCUT2D eigenvalue weighted by Crippen LogP contribution is 2.15. The van der Waals surface area contributed by atoms with E-state index in [1.54, 1.807) is 25.2 Å². The summed E-state index contributed by atoms with van der Waals surface area (Å²) in [4.78, 5) is 10.8. The lowest BCUT2D eigenvalue weighted by atomic mass is 10.3. The van der Waals surface area contributed by atoms with Crippen molar-refractivity contribution >= 4 is 11.6 Å². The maximum absolute atomic E-state index is 13.6. The molecule has 1 N–H and O–H groups in total. The number of aryl methyl sites for hydroxylation is 1. The van der Waals surface area contributed by atoms with Crippen molar-refractivity contribution in [2.75, 3.05) is 27.2 Å². The average molecular weight is 369 g/mol. The van der Waals surface area contributed by atoms with Gasteiger partial charge in [-0.15, -0.1) is 0 Å². The fourth-order valence-corrected chi connectivity index (χ4v) is 2.80. The monoisotopic (exact) mass is 369 g/mol. The van der Waals surface area contributed by atoms with E-state index in [1.165, 1.54) is 6.07 Å². The molecule has 0 spiro atoms. The van der Waals surface area contributed by atoms with Crippen molar-refractivity contribution in [3.63, 3.8) is 0 Å². The predicted molar refractivity (Wildman–Crippen MR) is 105 cm³/mol. The van der Waals surface area contributed by atoms with Crippen molar-refractivity contribution < 1.29 is 9.13 Å². The molecule has 6 nitrogen and oxygen atoms in total.